The van der Waals surface area contributed by atoms with Crippen LogP contribution in [0.5, 0.6) is 0 Å². The maximum atomic E-state index is 8.82. The van der Waals surface area contributed by atoms with Crippen LogP contribution in [0.15, 0.2) is 0 Å². The Balaban J connectivity index is 3.22. The fraction of sp³-hybridized carbons (Fsp3) is 1.00. The zero-order valence-corrected chi connectivity index (χ0v) is 15.3. The van der Waals surface area contributed by atoms with Gasteiger partial charge in [0.15, 0.2) is 0 Å². The average molecular weight is 319 g/mol. The number of halogens is 1. The molecular formula is C19H39ClO. The molecule has 0 aromatic rings. The van der Waals surface area contributed by atoms with Crippen molar-refractivity contribution in [2.75, 3.05) is 6.61 Å². The van der Waals surface area contributed by atoms with Crippen LogP contribution in [-0.2, 0) is 0 Å². The average Bonchev–Trinajstić information content (AvgIpc) is 2.47. The summed E-state index contributed by atoms with van der Waals surface area (Å²) in [5.41, 5.74) is 0. The second kappa shape index (κ2) is 16.6. The summed E-state index contributed by atoms with van der Waals surface area (Å²) in [6.45, 7) is 4.84. The number of rotatable bonds is 16. The van der Waals surface area contributed by atoms with Gasteiger partial charge in [0.2, 0.25) is 0 Å². The summed E-state index contributed by atoms with van der Waals surface area (Å²) < 4.78 is 0. The molecule has 0 amide bonds. The lowest BCUT2D eigenvalue weighted by molar-refractivity contribution is 0.271. The van der Waals surface area contributed by atoms with Gasteiger partial charge >= 0.3 is 0 Å². The molecule has 0 spiro atoms. The highest BCUT2D eigenvalue weighted by atomic mass is 35.5. The fourth-order valence-electron chi connectivity index (χ4n) is 2.97. The highest BCUT2D eigenvalue weighted by Crippen LogP contribution is 2.21. The maximum Gasteiger partial charge on any atom is 0.0431 e. The third-order valence-electron chi connectivity index (χ3n) is 4.38. The molecular weight excluding hydrogens is 280 g/mol. The first-order valence-corrected chi connectivity index (χ1v) is 9.89. The second-order valence-electron chi connectivity index (χ2n) is 6.77. The number of aliphatic hydroxyl groups is 1. The van der Waals surface area contributed by atoms with Crippen molar-refractivity contribution in [1.29, 1.82) is 0 Å². The highest BCUT2D eigenvalue weighted by Gasteiger charge is 2.10. The molecule has 2 atom stereocenters. The van der Waals surface area contributed by atoms with Gasteiger partial charge in [0.25, 0.3) is 0 Å². The molecule has 0 heterocycles. The summed E-state index contributed by atoms with van der Waals surface area (Å²) in [7, 11) is 0. The van der Waals surface area contributed by atoms with Crippen molar-refractivity contribution in [3.8, 4) is 0 Å². The quantitative estimate of drug-likeness (QED) is 0.248. The lowest BCUT2D eigenvalue weighted by Gasteiger charge is -2.15. The van der Waals surface area contributed by atoms with Gasteiger partial charge in [-0.1, -0.05) is 78.1 Å². The van der Waals surface area contributed by atoms with Crippen LogP contribution in [-0.4, -0.2) is 17.1 Å². The van der Waals surface area contributed by atoms with Gasteiger partial charge in [0.1, 0.15) is 0 Å². The van der Waals surface area contributed by atoms with Crippen LogP contribution >= 0.6 is 11.6 Å². The van der Waals surface area contributed by atoms with Crippen LogP contribution in [0.4, 0.5) is 0 Å². The van der Waals surface area contributed by atoms with E-state index in [1.807, 2.05) is 0 Å². The van der Waals surface area contributed by atoms with E-state index in [4.69, 9.17) is 16.7 Å². The molecule has 0 saturated carbocycles. The monoisotopic (exact) mass is 318 g/mol. The summed E-state index contributed by atoms with van der Waals surface area (Å²) in [6.07, 6.45) is 18.2. The maximum absolute atomic E-state index is 8.82. The molecule has 0 radical (unpaired) electrons. The molecule has 21 heavy (non-hydrogen) atoms. The highest BCUT2D eigenvalue weighted by molar-refractivity contribution is 6.20. The van der Waals surface area contributed by atoms with Crippen LogP contribution in [0, 0.1) is 5.92 Å². The molecule has 1 N–H and O–H groups in total. The largest absolute Gasteiger partial charge is 0.396 e. The van der Waals surface area contributed by atoms with Crippen molar-refractivity contribution in [3.05, 3.63) is 0 Å². The predicted molar refractivity (Wildman–Crippen MR) is 96.2 cm³/mol. The minimum absolute atomic E-state index is 0.315. The van der Waals surface area contributed by atoms with Gasteiger partial charge in [-0.05, 0) is 31.6 Å². The Morgan fingerprint density at radius 2 is 1.29 bits per heavy atom. The first-order valence-electron chi connectivity index (χ1n) is 9.45. The van der Waals surface area contributed by atoms with E-state index >= 15 is 0 Å². The van der Waals surface area contributed by atoms with E-state index in [0.29, 0.717) is 17.9 Å². The summed E-state index contributed by atoms with van der Waals surface area (Å²) in [5, 5.41) is 9.16. The van der Waals surface area contributed by atoms with Crippen LogP contribution in [0.3, 0.4) is 0 Å². The van der Waals surface area contributed by atoms with Crippen molar-refractivity contribution in [1.82, 2.24) is 0 Å². The van der Waals surface area contributed by atoms with Crippen molar-refractivity contribution >= 4 is 11.6 Å². The van der Waals surface area contributed by atoms with Gasteiger partial charge < -0.3 is 5.11 Å². The molecule has 2 heteroatoms. The third kappa shape index (κ3) is 16.4. The van der Waals surface area contributed by atoms with Crippen molar-refractivity contribution in [3.63, 3.8) is 0 Å². The Morgan fingerprint density at radius 3 is 1.81 bits per heavy atom. The summed E-state index contributed by atoms with van der Waals surface area (Å²) in [6, 6.07) is 0. The predicted octanol–water partition coefficient (Wildman–Crippen LogP) is 6.70. The van der Waals surface area contributed by atoms with Gasteiger partial charge in [-0.2, -0.15) is 0 Å². The lowest BCUT2D eigenvalue weighted by atomic mass is 9.97. The Kier molecular flexibility index (Phi) is 16.8. The van der Waals surface area contributed by atoms with E-state index in [-0.39, 0.29) is 0 Å². The van der Waals surface area contributed by atoms with Crippen LogP contribution in [0.25, 0.3) is 0 Å². The summed E-state index contributed by atoms with van der Waals surface area (Å²) >= 11 is 6.40. The molecule has 0 rings (SSSR count). The minimum Gasteiger partial charge on any atom is -0.396 e. The Bertz CT molecular complexity index is 196. The summed E-state index contributed by atoms with van der Waals surface area (Å²) in [5.74, 6) is 0.655. The van der Waals surface area contributed by atoms with E-state index in [1.165, 1.54) is 70.6 Å². The zero-order chi connectivity index (χ0) is 15.8. The van der Waals surface area contributed by atoms with Crippen LogP contribution in [0.1, 0.15) is 104 Å². The van der Waals surface area contributed by atoms with Crippen molar-refractivity contribution in [2.24, 2.45) is 5.92 Å². The fourth-order valence-corrected chi connectivity index (χ4v) is 3.42. The van der Waals surface area contributed by atoms with E-state index in [9.17, 15) is 0 Å². The van der Waals surface area contributed by atoms with Crippen molar-refractivity contribution < 1.29 is 5.11 Å². The number of aliphatic hydroxyl groups excluding tert-OH is 1. The SMILES string of the molecule is CCCCCCCCCCCCC(Cl)CC(C)CCCO. The van der Waals surface area contributed by atoms with E-state index < -0.39 is 0 Å². The third-order valence-corrected chi connectivity index (χ3v) is 4.78. The molecule has 0 aromatic heterocycles. The molecule has 0 aromatic carbocycles. The molecule has 1 nitrogen and oxygen atoms in total. The zero-order valence-electron chi connectivity index (χ0n) is 14.6. The first kappa shape index (κ1) is 21.2. The molecule has 0 aliphatic heterocycles. The Hall–Kier alpha value is 0.250. The number of unbranched alkanes of at least 4 members (excludes halogenated alkanes) is 9. The molecule has 0 aliphatic carbocycles. The van der Waals surface area contributed by atoms with E-state index in [2.05, 4.69) is 13.8 Å². The topological polar surface area (TPSA) is 20.2 Å². The summed E-state index contributed by atoms with van der Waals surface area (Å²) in [4.78, 5) is 0. The molecule has 0 fully saturated rings. The van der Waals surface area contributed by atoms with E-state index in [0.717, 1.165) is 19.3 Å². The van der Waals surface area contributed by atoms with Crippen LogP contribution in [0.2, 0.25) is 0 Å². The van der Waals surface area contributed by atoms with Crippen LogP contribution < -0.4 is 0 Å². The smallest absolute Gasteiger partial charge is 0.0431 e. The van der Waals surface area contributed by atoms with Gasteiger partial charge in [-0.3, -0.25) is 0 Å². The van der Waals surface area contributed by atoms with Gasteiger partial charge in [-0.25, -0.2) is 0 Å². The molecule has 0 aliphatic rings. The molecule has 128 valence electrons. The second-order valence-corrected chi connectivity index (χ2v) is 7.39. The molecule has 2 unspecified atom stereocenters. The minimum atomic E-state index is 0.315. The van der Waals surface area contributed by atoms with Crippen molar-refractivity contribution in [2.45, 2.75) is 109 Å². The number of hydrogen-bond donors (Lipinski definition) is 1. The Morgan fingerprint density at radius 1 is 0.762 bits per heavy atom. The Labute approximate surface area is 138 Å². The number of hydrogen-bond acceptors (Lipinski definition) is 1. The van der Waals surface area contributed by atoms with Gasteiger partial charge in [-0.15, -0.1) is 11.6 Å². The van der Waals surface area contributed by atoms with Gasteiger partial charge in [0, 0.05) is 12.0 Å². The first-order chi connectivity index (χ1) is 10.2. The molecule has 0 bridgehead atoms. The standard InChI is InChI=1S/C19H39ClO/c1-3-4-5-6-7-8-9-10-11-12-15-19(20)17-18(2)14-13-16-21/h18-19,21H,3-17H2,1-2H3. The lowest BCUT2D eigenvalue weighted by Crippen LogP contribution is -2.06. The number of alkyl halides is 1. The normalized spacial score (nSPS) is 14.3. The van der Waals surface area contributed by atoms with E-state index in [1.54, 1.807) is 0 Å². The molecule has 0 saturated heterocycles. The van der Waals surface area contributed by atoms with Gasteiger partial charge in [0.05, 0.1) is 0 Å².